The molecule has 1 atom stereocenters. The first-order valence-electron chi connectivity index (χ1n) is 4.51. The molecule has 14 heavy (non-hydrogen) atoms. The SMILES string of the molecule is C/C(=C/C(F)=C\N)C(C)CCC(F)F. The lowest BCUT2D eigenvalue weighted by atomic mass is 9.97. The molecule has 82 valence electrons. The highest BCUT2D eigenvalue weighted by Gasteiger charge is 2.09. The van der Waals surface area contributed by atoms with Crippen molar-refractivity contribution in [2.45, 2.75) is 33.1 Å². The third-order valence-corrected chi connectivity index (χ3v) is 2.12. The fraction of sp³-hybridized carbons (Fsp3) is 0.600. The van der Waals surface area contributed by atoms with E-state index in [1.807, 2.05) is 0 Å². The number of halogens is 3. The minimum absolute atomic E-state index is 0.0466. The predicted octanol–water partition coefficient (Wildman–Crippen LogP) is 3.38. The molecule has 4 heteroatoms. The topological polar surface area (TPSA) is 26.0 Å². The van der Waals surface area contributed by atoms with Crippen molar-refractivity contribution in [3.63, 3.8) is 0 Å². The van der Waals surface area contributed by atoms with Crippen LogP contribution in [0.4, 0.5) is 13.2 Å². The van der Waals surface area contributed by atoms with E-state index in [2.05, 4.69) is 0 Å². The molecule has 0 rings (SSSR count). The molecule has 0 aromatic rings. The van der Waals surface area contributed by atoms with Gasteiger partial charge in [0.25, 0.3) is 0 Å². The van der Waals surface area contributed by atoms with Gasteiger partial charge in [0, 0.05) is 12.6 Å². The Labute approximate surface area is 82.5 Å². The van der Waals surface area contributed by atoms with Crippen LogP contribution in [0, 0.1) is 5.92 Å². The van der Waals surface area contributed by atoms with Gasteiger partial charge < -0.3 is 5.73 Å². The van der Waals surface area contributed by atoms with Crippen molar-refractivity contribution < 1.29 is 13.2 Å². The molecule has 0 saturated heterocycles. The molecule has 1 unspecified atom stereocenters. The van der Waals surface area contributed by atoms with Gasteiger partial charge in [0.15, 0.2) is 0 Å². The molecule has 0 fully saturated rings. The Morgan fingerprint density at radius 2 is 1.93 bits per heavy atom. The highest BCUT2D eigenvalue weighted by molar-refractivity contribution is 5.17. The second kappa shape index (κ2) is 6.51. The number of nitrogens with two attached hydrogens (primary N) is 1. The zero-order valence-corrected chi connectivity index (χ0v) is 8.43. The summed E-state index contributed by atoms with van der Waals surface area (Å²) in [6.45, 7) is 3.50. The quantitative estimate of drug-likeness (QED) is 0.687. The molecular formula is C10H16F3N. The van der Waals surface area contributed by atoms with Gasteiger partial charge in [-0.1, -0.05) is 12.5 Å². The van der Waals surface area contributed by atoms with Crippen molar-refractivity contribution in [1.82, 2.24) is 0 Å². The van der Waals surface area contributed by atoms with Crippen molar-refractivity contribution >= 4 is 0 Å². The molecule has 0 spiro atoms. The largest absolute Gasteiger partial charge is 0.402 e. The smallest absolute Gasteiger partial charge is 0.238 e. The van der Waals surface area contributed by atoms with Crippen LogP contribution in [0.5, 0.6) is 0 Å². The molecule has 0 aliphatic carbocycles. The first-order chi connectivity index (χ1) is 6.47. The average molecular weight is 207 g/mol. The number of hydrogen-bond donors (Lipinski definition) is 1. The first-order valence-corrected chi connectivity index (χ1v) is 4.51. The van der Waals surface area contributed by atoms with E-state index in [0.29, 0.717) is 6.42 Å². The Bertz CT molecular complexity index is 221. The van der Waals surface area contributed by atoms with E-state index in [4.69, 9.17) is 5.73 Å². The summed E-state index contributed by atoms with van der Waals surface area (Å²) >= 11 is 0. The molecule has 0 radical (unpaired) electrons. The standard InChI is InChI=1S/C10H16F3N/c1-7(3-4-10(12)13)8(2)5-9(11)6-14/h5-7,10H,3-4,14H2,1-2H3/b8-5-,9-6+. The summed E-state index contributed by atoms with van der Waals surface area (Å²) in [6, 6.07) is 0. The number of alkyl halides is 2. The molecule has 0 aromatic carbocycles. The van der Waals surface area contributed by atoms with E-state index in [0.717, 1.165) is 11.8 Å². The zero-order valence-electron chi connectivity index (χ0n) is 8.43. The van der Waals surface area contributed by atoms with E-state index in [1.54, 1.807) is 13.8 Å². The lowest BCUT2D eigenvalue weighted by Gasteiger charge is -2.11. The van der Waals surface area contributed by atoms with Crippen LogP contribution in [0.1, 0.15) is 26.7 Å². The molecule has 0 heterocycles. The summed E-state index contributed by atoms with van der Waals surface area (Å²) in [5.41, 5.74) is 5.67. The second-order valence-electron chi connectivity index (χ2n) is 3.31. The van der Waals surface area contributed by atoms with E-state index < -0.39 is 12.3 Å². The van der Waals surface area contributed by atoms with Gasteiger partial charge in [-0.3, -0.25) is 0 Å². The number of hydrogen-bond acceptors (Lipinski definition) is 1. The average Bonchev–Trinajstić information content (AvgIpc) is 2.13. The van der Waals surface area contributed by atoms with Crippen molar-refractivity contribution in [2.75, 3.05) is 0 Å². The van der Waals surface area contributed by atoms with Crippen LogP contribution >= 0.6 is 0 Å². The molecule has 2 N–H and O–H groups in total. The van der Waals surface area contributed by atoms with E-state index in [1.165, 1.54) is 6.08 Å². The first kappa shape index (κ1) is 13.1. The summed E-state index contributed by atoms with van der Waals surface area (Å²) in [5.74, 6) is -0.582. The van der Waals surface area contributed by atoms with Crippen LogP contribution in [0.2, 0.25) is 0 Å². The van der Waals surface area contributed by atoms with Crippen molar-refractivity contribution in [2.24, 2.45) is 11.7 Å². The van der Waals surface area contributed by atoms with Crippen LogP contribution in [-0.2, 0) is 0 Å². The number of rotatable bonds is 5. The molecule has 0 aromatic heterocycles. The summed E-state index contributed by atoms with van der Waals surface area (Å²) in [6.07, 6.45) is 0.0394. The fourth-order valence-corrected chi connectivity index (χ4v) is 1.01. The monoisotopic (exact) mass is 207 g/mol. The zero-order chi connectivity index (χ0) is 11.1. The van der Waals surface area contributed by atoms with Gasteiger partial charge in [-0.15, -0.1) is 0 Å². The van der Waals surface area contributed by atoms with Gasteiger partial charge in [-0.05, 0) is 25.3 Å². The van der Waals surface area contributed by atoms with E-state index in [9.17, 15) is 13.2 Å². The summed E-state index contributed by atoms with van der Waals surface area (Å²) in [4.78, 5) is 0. The summed E-state index contributed by atoms with van der Waals surface area (Å²) in [7, 11) is 0. The second-order valence-corrected chi connectivity index (χ2v) is 3.31. The van der Waals surface area contributed by atoms with Gasteiger partial charge in [0.1, 0.15) is 5.83 Å². The maximum absolute atomic E-state index is 12.7. The van der Waals surface area contributed by atoms with Crippen LogP contribution in [-0.4, -0.2) is 6.43 Å². The molecule has 0 saturated carbocycles. The molecule has 1 nitrogen and oxygen atoms in total. The van der Waals surface area contributed by atoms with Crippen LogP contribution in [0.15, 0.2) is 23.7 Å². The summed E-state index contributed by atoms with van der Waals surface area (Å²) in [5, 5.41) is 0. The van der Waals surface area contributed by atoms with Crippen LogP contribution in [0.25, 0.3) is 0 Å². The third kappa shape index (κ3) is 5.67. The van der Waals surface area contributed by atoms with Gasteiger partial charge >= 0.3 is 0 Å². The Morgan fingerprint density at radius 3 is 2.36 bits per heavy atom. The normalized spacial score (nSPS) is 16.1. The van der Waals surface area contributed by atoms with E-state index >= 15 is 0 Å². The Balaban J connectivity index is 4.11. The summed E-state index contributed by atoms with van der Waals surface area (Å²) < 4.78 is 36.4. The maximum atomic E-state index is 12.7. The minimum atomic E-state index is -2.29. The Morgan fingerprint density at radius 1 is 1.36 bits per heavy atom. The van der Waals surface area contributed by atoms with Crippen molar-refractivity contribution in [3.8, 4) is 0 Å². The number of allylic oxidation sites excluding steroid dienone is 3. The predicted molar refractivity (Wildman–Crippen MR) is 51.5 cm³/mol. The third-order valence-electron chi connectivity index (χ3n) is 2.12. The van der Waals surface area contributed by atoms with E-state index in [-0.39, 0.29) is 12.3 Å². The van der Waals surface area contributed by atoms with Gasteiger partial charge in [0.05, 0.1) is 0 Å². The van der Waals surface area contributed by atoms with Gasteiger partial charge in [-0.25, -0.2) is 13.2 Å². The fourth-order valence-electron chi connectivity index (χ4n) is 1.01. The van der Waals surface area contributed by atoms with Gasteiger partial charge in [0.2, 0.25) is 6.43 Å². The molecule has 0 aliphatic rings. The van der Waals surface area contributed by atoms with Crippen LogP contribution in [0.3, 0.4) is 0 Å². The Kier molecular flexibility index (Phi) is 6.08. The molecule has 0 aliphatic heterocycles. The minimum Gasteiger partial charge on any atom is -0.402 e. The lowest BCUT2D eigenvalue weighted by Crippen LogP contribution is -2.00. The molecule has 0 amide bonds. The van der Waals surface area contributed by atoms with Crippen molar-refractivity contribution in [1.29, 1.82) is 0 Å². The maximum Gasteiger partial charge on any atom is 0.238 e. The van der Waals surface area contributed by atoms with Gasteiger partial charge in [-0.2, -0.15) is 0 Å². The highest BCUT2D eigenvalue weighted by atomic mass is 19.3. The lowest BCUT2D eigenvalue weighted by molar-refractivity contribution is 0.130. The van der Waals surface area contributed by atoms with Crippen LogP contribution < -0.4 is 5.73 Å². The highest BCUT2D eigenvalue weighted by Crippen LogP contribution is 2.19. The molecular weight excluding hydrogens is 191 g/mol. The molecule has 0 bridgehead atoms. The Hall–Kier alpha value is -0.930. The van der Waals surface area contributed by atoms with Crippen molar-refractivity contribution in [3.05, 3.63) is 23.7 Å².